The number of rotatable bonds is 10. The lowest BCUT2D eigenvalue weighted by Gasteiger charge is -2.29. The monoisotopic (exact) mass is 987 g/mol. The molecule has 2 aliphatic carbocycles. The summed E-state index contributed by atoms with van der Waals surface area (Å²) < 4.78 is 0. The van der Waals surface area contributed by atoms with E-state index in [1.807, 2.05) is 0 Å². The molecule has 77 heavy (non-hydrogen) atoms. The Morgan fingerprint density at radius 3 is 1.14 bits per heavy atom. The molecule has 1 aromatic heterocycles. The van der Waals surface area contributed by atoms with Gasteiger partial charge in [0.15, 0.2) is 0 Å². The second-order valence-electron chi connectivity index (χ2n) is 21.8. The first kappa shape index (κ1) is 46.1. The molecule has 12 aromatic rings. The number of aromatic amines is 1. The highest BCUT2D eigenvalue weighted by atomic mass is 15.2. The number of H-pyrrole nitrogens is 1. The summed E-state index contributed by atoms with van der Waals surface area (Å²) in [7, 11) is 0. The fourth-order valence-electron chi connectivity index (χ4n) is 12.6. The van der Waals surface area contributed by atoms with Crippen molar-refractivity contribution < 1.29 is 0 Å². The molecular weight excluding hydrogens is 931 g/mol. The molecule has 1 N–H and O–H groups in total. The SMILES string of the molecule is CC1(C)c2cc(-c3ccc4c(c3)C(C)(C)c3cc5[nH]c(-c6ccccc6)c(-c6ccccc6)c5cc3-4)ccc2-c2ccc(N(c3ccc(-c4ccccc4)cc3)c3ccc(N(c4ccccc4)c4ccccc4)cc3)cc21. The number of anilines is 6. The summed E-state index contributed by atoms with van der Waals surface area (Å²) in [6.45, 7) is 9.59. The Kier molecular flexibility index (Phi) is 10.9. The largest absolute Gasteiger partial charge is 0.354 e. The van der Waals surface area contributed by atoms with Gasteiger partial charge in [-0.25, -0.2) is 0 Å². The summed E-state index contributed by atoms with van der Waals surface area (Å²) in [5.74, 6) is 0. The first-order valence-electron chi connectivity index (χ1n) is 26.9. The minimum atomic E-state index is -0.252. The van der Waals surface area contributed by atoms with Gasteiger partial charge in [0, 0.05) is 61.4 Å². The van der Waals surface area contributed by atoms with Crippen LogP contribution in [0.15, 0.2) is 267 Å². The number of fused-ring (bicyclic) bond motifs is 7. The average Bonchev–Trinajstić information content (AvgIpc) is 4.10. The molecule has 3 heteroatoms. The molecule has 0 bridgehead atoms. The van der Waals surface area contributed by atoms with Gasteiger partial charge in [-0.1, -0.05) is 198 Å². The van der Waals surface area contributed by atoms with Gasteiger partial charge in [-0.3, -0.25) is 0 Å². The number of benzene rings is 11. The molecule has 0 saturated heterocycles. The van der Waals surface area contributed by atoms with Gasteiger partial charge >= 0.3 is 0 Å². The van der Waals surface area contributed by atoms with Gasteiger partial charge in [-0.2, -0.15) is 0 Å². The Labute approximate surface area is 452 Å². The fourth-order valence-corrected chi connectivity index (χ4v) is 12.6. The van der Waals surface area contributed by atoms with Gasteiger partial charge in [-0.15, -0.1) is 0 Å². The van der Waals surface area contributed by atoms with Crippen molar-refractivity contribution in [1.82, 2.24) is 4.98 Å². The van der Waals surface area contributed by atoms with Crippen molar-refractivity contribution >= 4 is 45.0 Å². The standard InChI is InChI=1S/C74H57N3/c1-73(2)66-44-53(54-33-42-63-64-47-65-70(48-69(64)74(3,4)67(63)45-54)75-72(52-24-14-7-15-25-52)71(65)51-22-12-6-13-23-51)32-41-61(66)62-43-40-60(46-68(62)73)77(57-34-30-50(31-35-57)49-20-10-5-11-21-49)59-38-36-58(37-39-59)76(55-26-16-8-17-27-55)56-28-18-9-19-29-56/h5-48,75H,1-4H3. The van der Waals surface area contributed by atoms with E-state index in [2.05, 4.69) is 309 Å². The summed E-state index contributed by atoms with van der Waals surface area (Å²) in [6, 6.07) is 97.8. The third-order valence-corrected chi connectivity index (χ3v) is 16.6. The maximum Gasteiger partial charge on any atom is 0.0544 e. The van der Waals surface area contributed by atoms with Crippen LogP contribution in [0.2, 0.25) is 0 Å². The molecule has 0 fully saturated rings. The quantitative estimate of drug-likeness (QED) is 0.148. The van der Waals surface area contributed by atoms with Crippen LogP contribution < -0.4 is 9.80 Å². The fraction of sp³-hybridized carbons (Fsp3) is 0.0811. The molecule has 1 heterocycles. The lowest BCUT2D eigenvalue weighted by atomic mass is 9.80. The summed E-state index contributed by atoms with van der Waals surface area (Å²) >= 11 is 0. The van der Waals surface area contributed by atoms with E-state index in [0.29, 0.717) is 0 Å². The Balaban J connectivity index is 0.820. The maximum absolute atomic E-state index is 3.89. The van der Waals surface area contributed by atoms with Crippen LogP contribution in [0.25, 0.3) is 77.8 Å². The first-order valence-corrected chi connectivity index (χ1v) is 26.9. The topological polar surface area (TPSA) is 22.3 Å². The molecule has 0 unspecified atom stereocenters. The van der Waals surface area contributed by atoms with Crippen molar-refractivity contribution in [2.45, 2.75) is 38.5 Å². The van der Waals surface area contributed by atoms with Crippen LogP contribution in [0.3, 0.4) is 0 Å². The highest BCUT2D eigenvalue weighted by molar-refractivity contribution is 6.07. The number of nitrogens with one attached hydrogen (secondary N) is 1. The first-order chi connectivity index (χ1) is 37.7. The Morgan fingerprint density at radius 2 is 0.623 bits per heavy atom. The third-order valence-electron chi connectivity index (χ3n) is 16.6. The lowest BCUT2D eigenvalue weighted by molar-refractivity contribution is 0.660. The van der Waals surface area contributed by atoms with Gasteiger partial charge in [0.2, 0.25) is 0 Å². The zero-order valence-electron chi connectivity index (χ0n) is 43.8. The van der Waals surface area contributed by atoms with E-state index in [1.165, 1.54) is 94.4 Å². The Hall–Kier alpha value is -9.44. The van der Waals surface area contributed by atoms with Crippen molar-refractivity contribution in [3.63, 3.8) is 0 Å². The van der Waals surface area contributed by atoms with E-state index in [-0.39, 0.29) is 10.8 Å². The van der Waals surface area contributed by atoms with Crippen LogP contribution >= 0.6 is 0 Å². The van der Waals surface area contributed by atoms with Gasteiger partial charge in [0.05, 0.1) is 5.69 Å². The summed E-state index contributed by atoms with van der Waals surface area (Å²) in [6.07, 6.45) is 0. The van der Waals surface area contributed by atoms with Crippen LogP contribution in [-0.2, 0) is 10.8 Å². The third kappa shape index (κ3) is 7.72. The molecule has 0 atom stereocenters. The molecule has 2 aliphatic rings. The second-order valence-corrected chi connectivity index (χ2v) is 21.8. The number of nitrogens with zero attached hydrogens (tertiary/aromatic N) is 2. The van der Waals surface area contributed by atoms with E-state index in [1.54, 1.807) is 0 Å². The molecule has 0 radical (unpaired) electrons. The molecule has 11 aromatic carbocycles. The van der Waals surface area contributed by atoms with Crippen molar-refractivity contribution in [2.75, 3.05) is 9.80 Å². The molecule has 368 valence electrons. The number of hydrogen-bond donors (Lipinski definition) is 1. The van der Waals surface area contributed by atoms with Crippen molar-refractivity contribution in [1.29, 1.82) is 0 Å². The van der Waals surface area contributed by atoms with E-state index >= 15 is 0 Å². The summed E-state index contributed by atoms with van der Waals surface area (Å²) in [4.78, 5) is 8.62. The van der Waals surface area contributed by atoms with Crippen LogP contribution in [0.4, 0.5) is 34.1 Å². The molecule has 0 amide bonds. The minimum absolute atomic E-state index is 0.195. The lowest BCUT2D eigenvalue weighted by Crippen LogP contribution is -2.17. The normalized spacial score (nSPS) is 13.4. The van der Waals surface area contributed by atoms with E-state index in [0.717, 1.165) is 39.8 Å². The molecule has 14 rings (SSSR count). The minimum Gasteiger partial charge on any atom is -0.354 e. The molecule has 0 aliphatic heterocycles. The van der Waals surface area contributed by atoms with Crippen LogP contribution in [0.1, 0.15) is 49.9 Å². The molecule has 0 spiro atoms. The smallest absolute Gasteiger partial charge is 0.0544 e. The Bertz CT molecular complexity index is 4120. The van der Waals surface area contributed by atoms with Crippen molar-refractivity contribution in [2.24, 2.45) is 0 Å². The highest BCUT2D eigenvalue weighted by Crippen LogP contribution is 2.55. The predicted molar refractivity (Wildman–Crippen MR) is 325 cm³/mol. The highest BCUT2D eigenvalue weighted by Gasteiger charge is 2.39. The van der Waals surface area contributed by atoms with E-state index in [9.17, 15) is 0 Å². The molecular formula is C74H57N3. The molecule has 3 nitrogen and oxygen atoms in total. The zero-order chi connectivity index (χ0) is 51.8. The van der Waals surface area contributed by atoms with E-state index in [4.69, 9.17) is 0 Å². The van der Waals surface area contributed by atoms with Gasteiger partial charge in [0.25, 0.3) is 0 Å². The van der Waals surface area contributed by atoms with Crippen molar-refractivity contribution in [3.05, 3.63) is 289 Å². The average molecular weight is 988 g/mol. The number of aromatic nitrogens is 1. The maximum atomic E-state index is 3.89. The van der Waals surface area contributed by atoms with Gasteiger partial charge in [0.1, 0.15) is 0 Å². The zero-order valence-corrected chi connectivity index (χ0v) is 43.8. The predicted octanol–water partition coefficient (Wildman–Crippen LogP) is 20.4. The van der Waals surface area contributed by atoms with Crippen molar-refractivity contribution in [3.8, 4) is 66.9 Å². The number of para-hydroxylation sites is 2. The summed E-state index contributed by atoms with van der Waals surface area (Å²) in [5, 5.41) is 1.25. The summed E-state index contributed by atoms with van der Waals surface area (Å²) in [5.41, 5.74) is 27.7. The second kappa shape index (κ2) is 18.1. The van der Waals surface area contributed by atoms with Crippen LogP contribution in [0, 0.1) is 0 Å². The van der Waals surface area contributed by atoms with Gasteiger partial charge in [-0.05, 0) is 175 Å². The molecule has 0 saturated carbocycles. The van der Waals surface area contributed by atoms with Crippen LogP contribution in [-0.4, -0.2) is 4.98 Å². The van der Waals surface area contributed by atoms with Gasteiger partial charge < -0.3 is 14.8 Å². The van der Waals surface area contributed by atoms with E-state index < -0.39 is 0 Å². The van der Waals surface area contributed by atoms with Crippen LogP contribution in [0.5, 0.6) is 0 Å². The Morgan fingerprint density at radius 1 is 0.273 bits per heavy atom. The number of hydrogen-bond acceptors (Lipinski definition) is 2.